The molecule has 1 aromatic heterocycles. The number of aromatic nitrogens is 1. The highest BCUT2D eigenvalue weighted by atomic mass is 16.4. The minimum Gasteiger partial charge on any atom is -0.481 e. The summed E-state index contributed by atoms with van der Waals surface area (Å²) in [5.41, 5.74) is 2.02. The molecule has 0 aliphatic carbocycles. The molecule has 0 amide bonds. The second-order valence-corrected chi connectivity index (χ2v) is 7.73. The third kappa shape index (κ3) is 8.82. The van der Waals surface area contributed by atoms with Crippen LogP contribution in [-0.2, 0) is 11.8 Å². The summed E-state index contributed by atoms with van der Waals surface area (Å²) in [5.74, 6) is -1.06. The van der Waals surface area contributed by atoms with E-state index in [2.05, 4.69) is 6.92 Å². The second-order valence-electron chi connectivity index (χ2n) is 7.73. The van der Waals surface area contributed by atoms with Gasteiger partial charge in [0.2, 0.25) is 0 Å². The van der Waals surface area contributed by atoms with E-state index in [4.69, 9.17) is 0 Å². The van der Waals surface area contributed by atoms with E-state index in [1.807, 2.05) is 36.9 Å². The predicted molar refractivity (Wildman–Crippen MR) is 108 cm³/mol. The first-order valence-corrected chi connectivity index (χ1v) is 10.8. The molecule has 3 heteroatoms. The first kappa shape index (κ1) is 22.7. The molecular formula is C23H40NO2+. The smallest absolute Gasteiger partial charge is 0.311 e. The summed E-state index contributed by atoms with van der Waals surface area (Å²) in [6.45, 7) is 4.27. The van der Waals surface area contributed by atoms with Crippen molar-refractivity contribution in [2.24, 2.45) is 7.05 Å². The number of nitrogens with zero attached hydrogens (tertiary/aromatic N) is 1. The van der Waals surface area contributed by atoms with E-state index in [0.29, 0.717) is 0 Å². The number of hydrogen-bond acceptors (Lipinski definition) is 1. The molecule has 0 radical (unpaired) electrons. The number of hydrogen-bond donors (Lipinski definition) is 1. The Labute approximate surface area is 160 Å². The van der Waals surface area contributed by atoms with E-state index in [1.165, 1.54) is 64.2 Å². The molecule has 0 fully saturated rings. The van der Waals surface area contributed by atoms with Crippen LogP contribution in [0.25, 0.3) is 0 Å². The average molecular weight is 363 g/mol. The first-order chi connectivity index (χ1) is 12.6. The summed E-state index contributed by atoms with van der Waals surface area (Å²) >= 11 is 0. The fourth-order valence-corrected chi connectivity index (χ4v) is 3.68. The van der Waals surface area contributed by atoms with Crippen LogP contribution in [0, 0.1) is 6.92 Å². The highest BCUT2D eigenvalue weighted by molar-refractivity contribution is 5.76. The quantitative estimate of drug-likeness (QED) is 0.303. The maximum absolute atomic E-state index is 11.7. The van der Waals surface area contributed by atoms with Gasteiger partial charge in [-0.15, -0.1) is 0 Å². The van der Waals surface area contributed by atoms with Crippen molar-refractivity contribution in [3.8, 4) is 0 Å². The minimum atomic E-state index is -0.692. The largest absolute Gasteiger partial charge is 0.481 e. The van der Waals surface area contributed by atoms with Crippen molar-refractivity contribution in [2.45, 2.75) is 103 Å². The van der Waals surface area contributed by atoms with Gasteiger partial charge in [0.05, 0.1) is 5.92 Å². The molecule has 0 aliphatic rings. The van der Waals surface area contributed by atoms with Gasteiger partial charge in [-0.05, 0) is 12.5 Å². The Bertz CT molecular complexity index is 513. The summed E-state index contributed by atoms with van der Waals surface area (Å²) in [6, 6.07) is 3.91. The fraction of sp³-hybridized carbons (Fsp3) is 0.739. The molecule has 1 N–H and O–H groups in total. The zero-order chi connectivity index (χ0) is 19.2. The van der Waals surface area contributed by atoms with E-state index < -0.39 is 5.97 Å². The summed E-state index contributed by atoms with van der Waals surface area (Å²) < 4.78 is 2.01. The van der Waals surface area contributed by atoms with Gasteiger partial charge in [0.1, 0.15) is 7.05 Å². The number of aliphatic carboxylic acids is 1. The molecule has 148 valence electrons. The molecule has 0 saturated heterocycles. The summed E-state index contributed by atoms with van der Waals surface area (Å²) in [5, 5.41) is 9.61. The molecule has 0 aromatic carbocycles. The van der Waals surface area contributed by atoms with Crippen LogP contribution in [0.15, 0.2) is 18.3 Å². The minimum absolute atomic E-state index is 0.370. The Morgan fingerprint density at radius 3 is 1.96 bits per heavy atom. The predicted octanol–water partition coefficient (Wildman–Crippen LogP) is 6.08. The van der Waals surface area contributed by atoms with Crippen LogP contribution in [0.2, 0.25) is 0 Å². The van der Waals surface area contributed by atoms with E-state index in [1.54, 1.807) is 0 Å². The molecule has 0 saturated carbocycles. The van der Waals surface area contributed by atoms with E-state index in [0.717, 1.165) is 30.5 Å². The van der Waals surface area contributed by atoms with Crippen LogP contribution in [0.4, 0.5) is 0 Å². The maximum atomic E-state index is 11.7. The molecule has 1 aromatic rings. The number of aryl methyl sites for hydroxylation is 1. The van der Waals surface area contributed by atoms with E-state index >= 15 is 0 Å². The lowest BCUT2D eigenvalue weighted by Crippen LogP contribution is -2.33. The zero-order valence-electron chi connectivity index (χ0n) is 17.3. The van der Waals surface area contributed by atoms with E-state index in [-0.39, 0.29) is 5.92 Å². The van der Waals surface area contributed by atoms with Crippen molar-refractivity contribution in [1.82, 2.24) is 0 Å². The molecule has 1 atom stereocenters. The molecule has 1 rings (SSSR count). The van der Waals surface area contributed by atoms with Crippen molar-refractivity contribution in [3.05, 3.63) is 29.6 Å². The Balaban J connectivity index is 2.15. The van der Waals surface area contributed by atoms with Crippen molar-refractivity contribution >= 4 is 5.97 Å². The van der Waals surface area contributed by atoms with Gasteiger partial charge in [-0.2, -0.15) is 0 Å². The van der Waals surface area contributed by atoms with Crippen molar-refractivity contribution < 1.29 is 14.5 Å². The number of pyridine rings is 1. The van der Waals surface area contributed by atoms with Crippen LogP contribution >= 0.6 is 0 Å². The monoisotopic (exact) mass is 362 g/mol. The molecule has 0 bridgehead atoms. The third-order valence-electron chi connectivity index (χ3n) is 5.55. The molecule has 0 spiro atoms. The highest BCUT2D eigenvalue weighted by Crippen LogP contribution is 2.24. The topological polar surface area (TPSA) is 41.2 Å². The molecule has 3 nitrogen and oxygen atoms in total. The highest BCUT2D eigenvalue weighted by Gasteiger charge is 2.24. The van der Waals surface area contributed by atoms with Gasteiger partial charge in [-0.1, -0.05) is 84.0 Å². The summed E-state index contributed by atoms with van der Waals surface area (Å²) in [6.07, 6.45) is 18.4. The van der Waals surface area contributed by atoms with Crippen LogP contribution in [0.1, 0.15) is 108 Å². The summed E-state index contributed by atoms with van der Waals surface area (Å²) in [7, 11) is 1.97. The average Bonchev–Trinajstić information content (AvgIpc) is 2.62. The van der Waals surface area contributed by atoms with Gasteiger partial charge in [-0.25, -0.2) is 4.57 Å². The standard InChI is InChI=1S/C23H39NO2/c1-4-5-6-7-8-9-10-11-12-13-14-15-17-22(23(25)26)21-18-16-19-24(3)20(21)2/h16,18-19,22H,4-15,17H2,1-3H3/p+1. The Morgan fingerprint density at radius 1 is 0.962 bits per heavy atom. The number of carboxylic acid groups (broad SMARTS) is 1. The molecular weight excluding hydrogens is 322 g/mol. The van der Waals surface area contributed by atoms with Crippen LogP contribution in [0.3, 0.4) is 0 Å². The molecule has 26 heavy (non-hydrogen) atoms. The lowest BCUT2D eigenvalue weighted by molar-refractivity contribution is -0.678. The number of carboxylic acids is 1. The maximum Gasteiger partial charge on any atom is 0.311 e. The Kier molecular flexibility index (Phi) is 12.0. The van der Waals surface area contributed by atoms with Crippen molar-refractivity contribution in [3.63, 3.8) is 0 Å². The molecule has 1 heterocycles. The van der Waals surface area contributed by atoms with Gasteiger partial charge in [0.15, 0.2) is 11.9 Å². The van der Waals surface area contributed by atoms with Gasteiger partial charge in [0.25, 0.3) is 0 Å². The van der Waals surface area contributed by atoms with Crippen molar-refractivity contribution in [2.75, 3.05) is 0 Å². The Morgan fingerprint density at radius 2 is 1.46 bits per heavy atom. The lowest BCUT2D eigenvalue weighted by atomic mass is 9.92. The first-order valence-electron chi connectivity index (χ1n) is 10.8. The molecule has 1 unspecified atom stereocenters. The number of carbonyl (C=O) groups is 1. The second kappa shape index (κ2) is 13.8. The van der Waals surface area contributed by atoms with Gasteiger partial charge >= 0.3 is 5.97 Å². The van der Waals surface area contributed by atoms with Crippen LogP contribution in [-0.4, -0.2) is 11.1 Å². The zero-order valence-corrected chi connectivity index (χ0v) is 17.3. The van der Waals surface area contributed by atoms with Crippen LogP contribution in [0.5, 0.6) is 0 Å². The third-order valence-corrected chi connectivity index (χ3v) is 5.55. The van der Waals surface area contributed by atoms with Crippen LogP contribution < -0.4 is 4.57 Å². The molecule has 0 aliphatic heterocycles. The SMILES string of the molecule is CCCCCCCCCCCCCCC(C(=O)O)c1ccc[n+](C)c1C. The lowest BCUT2D eigenvalue weighted by Gasteiger charge is -2.13. The van der Waals surface area contributed by atoms with E-state index in [9.17, 15) is 9.90 Å². The van der Waals surface area contributed by atoms with Crippen molar-refractivity contribution in [1.29, 1.82) is 0 Å². The fourth-order valence-electron chi connectivity index (χ4n) is 3.68. The number of rotatable bonds is 15. The number of unbranched alkanes of at least 4 members (excludes halogenated alkanes) is 11. The van der Waals surface area contributed by atoms with Gasteiger partial charge in [0, 0.05) is 18.6 Å². The summed E-state index contributed by atoms with van der Waals surface area (Å²) in [4.78, 5) is 11.7. The Hall–Kier alpha value is -1.38. The normalized spacial score (nSPS) is 12.3. The van der Waals surface area contributed by atoms with Gasteiger partial charge < -0.3 is 5.11 Å². The van der Waals surface area contributed by atoms with Gasteiger partial charge in [-0.3, -0.25) is 4.79 Å².